The van der Waals surface area contributed by atoms with Gasteiger partial charge < -0.3 is 10.5 Å². The summed E-state index contributed by atoms with van der Waals surface area (Å²) < 4.78 is 6.88. The molecule has 0 aliphatic carbocycles. The number of rotatable bonds is 5. The topological polar surface area (TPSA) is 85.9 Å². The van der Waals surface area contributed by atoms with Gasteiger partial charge in [0.05, 0.1) is 7.11 Å². The summed E-state index contributed by atoms with van der Waals surface area (Å²) >= 11 is 1.48. The van der Waals surface area contributed by atoms with Crippen molar-refractivity contribution in [3.8, 4) is 5.75 Å². The third-order valence-corrected chi connectivity index (χ3v) is 3.73. The highest BCUT2D eigenvalue weighted by atomic mass is 32.2. The Labute approximate surface area is 115 Å². The standard InChI is InChI=1S/C12H16N4O2S/c1-3-16-11(17)14-15-12(16)19-7-8-4-5-9(13)6-10(8)18-2/h4-6H,3,7,13H2,1-2H3,(H,14,17). The van der Waals surface area contributed by atoms with Crippen LogP contribution in [0.1, 0.15) is 12.5 Å². The summed E-state index contributed by atoms with van der Waals surface area (Å²) in [5.41, 5.74) is 7.20. The van der Waals surface area contributed by atoms with Gasteiger partial charge in [-0.1, -0.05) is 17.8 Å². The molecule has 7 heteroatoms. The monoisotopic (exact) mass is 280 g/mol. The van der Waals surface area contributed by atoms with Crippen LogP contribution in [-0.4, -0.2) is 21.9 Å². The first-order valence-corrected chi connectivity index (χ1v) is 6.84. The Kier molecular flexibility index (Phi) is 4.16. The van der Waals surface area contributed by atoms with Crippen molar-refractivity contribution in [2.75, 3.05) is 12.8 Å². The minimum atomic E-state index is -0.186. The van der Waals surface area contributed by atoms with Gasteiger partial charge in [0.25, 0.3) is 0 Å². The molecular formula is C12H16N4O2S. The molecule has 0 aliphatic heterocycles. The van der Waals surface area contributed by atoms with Crippen molar-refractivity contribution >= 4 is 17.4 Å². The molecule has 0 bridgehead atoms. The summed E-state index contributed by atoms with van der Waals surface area (Å²) in [7, 11) is 1.61. The second-order valence-corrected chi connectivity index (χ2v) is 4.86. The number of nitrogens with zero attached hydrogens (tertiary/aromatic N) is 2. The third kappa shape index (κ3) is 2.93. The van der Waals surface area contributed by atoms with E-state index < -0.39 is 0 Å². The van der Waals surface area contributed by atoms with Gasteiger partial charge in [0.1, 0.15) is 5.75 Å². The maximum atomic E-state index is 11.4. The van der Waals surface area contributed by atoms with Crippen LogP contribution in [0.25, 0.3) is 0 Å². The summed E-state index contributed by atoms with van der Waals surface area (Å²) in [5.74, 6) is 1.40. The average Bonchev–Trinajstić information content (AvgIpc) is 2.77. The van der Waals surface area contributed by atoms with Crippen LogP contribution in [0.3, 0.4) is 0 Å². The first kappa shape index (κ1) is 13.5. The predicted octanol–water partition coefficient (Wildman–Crippen LogP) is 1.47. The third-order valence-electron chi connectivity index (χ3n) is 2.71. The van der Waals surface area contributed by atoms with Crippen molar-refractivity contribution in [2.45, 2.75) is 24.4 Å². The molecule has 0 saturated carbocycles. The number of nitrogen functional groups attached to an aromatic ring is 1. The number of hydrogen-bond acceptors (Lipinski definition) is 5. The fraction of sp³-hybridized carbons (Fsp3) is 0.333. The van der Waals surface area contributed by atoms with Crippen LogP contribution < -0.4 is 16.2 Å². The molecule has 1 aromatic carbocycles. The molecule has 0 spiro atoms. The van der Waals surface area contributed by atoms with Gasteiger partial charge in [-0.3, -0.25) is 4.57 Å². The molecule has 1 aromatic heterocycles. The quantitative estimate of drug-likeness (QED) is 0.640. The molecule has 19 heavy (non-hydrogen) atoms. The maximum Gasteiger partial charge on any atom is 0.343 e. The van der Waals surface area contributed by atoms with E-state index in [1.165, 1.54) is 11.8 Å². The van der Waals surface area contributed by atoms with E-state index in [0.717, 1.165) is 11.3 Å². The van der Waals surface area contributed by atoms with Gasteiger partial charge in [0.2, 0.25) is 0 Å². The molecule has 0 amide bonds. The average molecular weight is 280 g/mol. The van der Waals surface area contributed by atoms with Gasteiger partial charge in [0.15, 0.2) is 5.16 Å². The first-order valence-electron chi connectivity index (χ1n) is 5.86. The highest BCUT2D eigenvalue weighted by molar-refractivity contribution is 7.98. The van der Waals surface area contributed by atoms with Crippen molar-refractivity contribution in [2.24, 2.45) is 0 Å². The van der Waals surface area contributed by atoms with Crippen LogP contribution in [0.5, 0.6) is 5.75 Å². The lowest BCUT2D eigenvalue weighted by atomic mass is 10.2. The second kappa shape index (κ2) is 5.83. The zero-order chi connectivity index (χ0) is 13.8. The lowest BCUT2D eigenvalue weighted by Gasteiger charge is -2.08. The molecule has 0 saturated heterocycles. The Balaban J connectivity index is 2.16. The highest BCUT2D eigenvalue weighted by Crippen LogP contribution is 2.28. The van der Waals surface area contributed by atoms with Gasteiger partial charge in [-0.25, -0.2) is 9.89 Å². The molecule has 2 rings (SSSR count). The summed E-state index contributed by atoms with van der Waals surface area (Å²) in [6, 6.07) is 5.53. The summed E-state index contributed by atoms with van der Waals surface area (Å²) in [6.07, 6.45) is 0. The van der Waals surface area contributed by atoms with Gasteiger partial charge >= 0.3 is 5.69 Å². The molecule has 0 radical (unpaired) electrons. The summed E-state index contributed by atoms with van der Waals surface area (Å²) in [6.45, 7) is 2.50. The highest BCUT2D eigenvalue weighted by Gasteiger charge is 2.09. The number of aromatic amines is 1. The minimum Gasteiger partial charge on any atom is -0.496 e. The molecule has 6 nitrogen and oxygen atoms in total. The van der Waals surface area contributed by atoms with Crippen molar-refractivity contribution in [3.05, 3.63) is 34.2 Å². The van der Waals surface area contributed by atoms with Crippen LogP contribution in [0.15, 0.2) is 28.2 Å². The second-order valence-electron chi connectivity index (χ2n) is 3.92. The summed E-state index contributed by atoms with van der Waals surface area (Å²) in [5, 5.41) is 7.12. The Morgan fingerprint density at radius 3 is 3.00 bits per heavy atom. The lowest BCUT2D eigenvalue weighted by Crippen LogP contribution is -2.16. The van der Waals surface area contributed by atoms with Crippen LogP contribution in [0, 0.1) is 0 Å². The van der Waals surface area contributed by atoms with Crippen LogP contribution >= 0.6 is 11.8 Å². The number of methoxy groups -OCH3 is 1. The van der Waals surface area contributed by atoms with E-state index >= 15 is 0 Å². The first-order chi connectivity index (χ1) is 9.15. The number of hydrogen-bond donors (Lipinski definition) is 2. The largest absolute Gasteiger partial charge is 0.496 e. The zero-order valence-corrected chi connectivity index (χ0v) is 11.7. The Bertz CT molecular complexity index is 620. The fourth-order valence-electron chi connectivity index (χ4n) is 1.71. The number of aromatic nitrogens is 3. The van der Waals surface area contributed by atoms with Crippen LogP contribution in [0.2, 0.25) is 0 Å². The van der Waals surface area contributed by atoms with E-state index in [4.69, 9.17) is 10.5 Å². The van der Waals surface area contributed by atoms with Gasteiger partial charge in [-0.15, -0.1) is 5.10 Å². The molecule has 0 unspecified atom stereocenters. The van der Waals surface area contributed by atoms with Gasteiger partial charge in [-0.2, -0.15) is 0 Å². The lowest BCUT2D eigenvalue weighted by molar-refractivity contribution is 0.411. The van der Waals surface area contributed by atoms with Crippen molar-refractivity contribution in [1.29, 1.82) is 0 Å². The number of thioether (sulfide) groups is 1. The van der Waals surface area contributed by atoms with Crippen LogP contribution in [0.4, 0.5) is 5.69 Å². The molecule has 0 fully saturated rings. The molecule has 0 atom stereocenters. The zero-order valence-electron chi connectivity index (χ0n) is 10.8. The number of ether oxygens (including phenoxy) is 1. The molecule has 0 aliphatic rings. The van der Waals surface area contributed by atoms with E-state index in [0.29, 0.717) is 23.1 Å². The van der Waals surface area contributed by atoms with Crippen LogP contribution in [-0.2, 0) is 12.3 Å². The maximum absolute atomic E-state index is 11.4. The number of nitrogens with two attached hydrogens (primary N) is 1. The van der Waals surface area contributed by atoms with Crippen molar-refractivity contribution in [3.63, 3.8) is 0 Å². The normalized spacial score (nSPS) is 10.6. The summed E-state index contributed by atoms with van der Waals surface area (Å²) in [4.78, 5) is 11.4. The van der Waals surface area contributed by atoms with E-state index in [1.807, 2.05) is 19.1 Å². The Hall–Kier alpha value is -1.89. The van der Waals surface area contributed by atoms with Gasteiger partial charge in [0, 0.05) is 29.6 Å². The molecular weight excluding hydrogens is 264 g/mol. The van der Waals surface area contributed by atoms with Crippen molar-refractivity contribution < 1.29 is 4.74 Å². The number of nitrogens with one attached hydrogen (secondary N) is 1. The molecule has 3 N–H and O–H groups in total. The van der Waals surface area contributed by atoms with E-state index in [-0.39, 0.29) is 5.69 Å². The fourth-order valence-corrected chi connectivity index (χ4v) is 2.72. The smallest absolute Gasteiger partial charge is 0.343 e. The predicted molar refractivity (Wildman–Crippen MR) is 75.5 cm³/mol. The SMILES string of the molecule is CCn1c(SCc2ccc(N)cc2OC)n[nH]c1=O. The van der Waals surface area contributed by atoms with E-state index in [9.17, 15) is 4.79 Å². The van der Waals surface area contributed by atoms with Crippen molar-refractivity contribution in [1.82, 2.24) is 14.8 Å². The van der Waals surface area contributed by atoms with Gasteiger partial charge in [-0.05, 0) is 13.0 Å². The minimum absolute atomic E-state index is 0.186. The number of H-pyrrole nitrogens is 1. The molecule has 102 valence electrons. The Morgan fingerprint density at radius 2 is 2.32 bits per heavy atom. The molecule has 2 aromatic rings. The number of anilines is 1. The number of benzene rings is 1. The van der Waals surface area contributed by atoms with E-state index in [1.54, 1.807) is 17.7 Å². The van der Waals surface area contributed by atoms with E-state index in [2.05, 4.69) is 10.2 Å². The Morgan fingerprint density at radius 1 is 1.53 bits per heavy atom. The molecule has 1 heterocycles.